The van der Waals surface area contributed by atoms with Gasteiger partial charge in [-0.3, -0.25) is 4.79 Å². The van der Waals surface area contributed by atoms with E-state index >= 15 is 0 Å². The summed E-state index contributed by atoms with van der Waals surface area (Å²) in [4.78, 5) is 10.9. The molecule has 0 radical (unpaired) electrons. The molecule has 0 saturated carbocycles. The minimum atomic E-state index is -2.47. The summed E-state index contributed by atoms with van der Waals surface area (Å²) in [7, 11) is 0. The first-order valence-corrected chi connectivity index (χ1v) is 5.44. The van der Waals surface area contributed by atoms with Crippen molar-refractivity contribution in [2.75, 3.05) is 6.54 Å². The van der Waals surface area contributed by atoms with E-state index in [-0.39, 0.29) is 18.0 Å². The van der Waals surface area contributed by atoms with Crippen molar-refractivity contribution in [2.45, 2.75) is 25.8 Å². The number of carbonyl (C=O) groups excluding carboxylic acids is 1. The van der Waals surface area contributed by atoms with Gasteiger partial charge in [0.1, 0.15) is 0 Å². The van der Waals surface area contributed by atoms with E-state index in [1.165, 1.54) is 12.1 Å². The number of alkyl halides is 2. The Morgan fingerprint density at radius 2 is 1.82 bits per heavy atom. The third kappa shape index (κ3) is 4.11. The number of carbonyl (C=O) groups is 1. The first kappa shape index (κ1) is 13.6. The topological polar surface area (TPSA) is 55.1 Å². The molecule has 1 atom stereocenters. The summed E-state index contributed by atoms with van der Waals surface area (Å²) in [5.41, 5.74) is 5.90. The number of rotatable bonds is 6. The summed E-state index contributed by atoms with van der Waals surface area (Å²) >= 11 is 0. The van der Waals surface area contributed by atoms with E-state index in [9.17, 15) is 13.6 Å². The third-order valence-electron chi connectivity index (χ3n) is 2.45. The Bertz CT molecular complexity index is 365. The Kier molecular flexibility index (Phi) is 5.03. The average Bonchev–Trinajstić information content (AvgIpc) is 2.28. The predicted octanol–water partition coefficient (Wildman–Crippen LogP) is 2.15. The molecule has 0 saturated heterocycles. The maximum Gasteiger partial charge on any atom is 0.263 e. The Labute approximate surface area is 99.0 Å². The second kappa shape index (κ2) is 6.30. The highest BCUT2D eigenvalue weighted by Gasteiger charge is 2.14. The van der Waals surface area contributed by atoms with Crippen LogP contribution in [-0.4, -0.2) is 12.5 Å². The lowest BCUT2D eigenvalue weighted by Gasteiger charge is -2.17. The molecule has 0 bridgehead atoms. The van der Waals surface area contributed by atoms with Crippen LogP contribution in [0.25, 0.3) is 0 Å². The average molecular weight is 242 g/mol. The van der Waals surface area contributed by atoms with Gasteiger partial charge in [-0.25, -0.2) is 8.78 Å². The van der Waals surface area contributed by atoms with Gasteiger partial charge in [0.05, 0.1) is 0 Å². The van der Waals surface area contributed by atoms with Crippen molar-refractivity contribution in [3.05, 3.63) is 35.4 Å². The molecule has 0 aliphatic carbocycles. The molecule has 94 valence electrons. The van der Waals surface area contributed by atoms with Crippen molar-refractivity contribution in [2.24, 2.45) is 5.73 Å². The normalized spacial score (nSPS) is 12.7. The van der Waals surface area contributed by atoms with Gasteiger partial charge in [-0.1, -0.05) is 31.2 Å². The van der Waals surface area contributed by atoms with Gasteiger partial charge in [0.25, 0.3) is 6.43 Å². The number of halogens is 2. The monoisotopic (exact) mass is 242 g/mol. The Morgan fingerprint density at radius 1 is 1.29 bits per heavy atom. The first-order chi connectivity index (χ1) is 8.04. The van der Waals surface area contributed by atoms with Gasteiger partial charge in [0, 0.05) is 18.0 Å². The number of primary amides is 1. The molecule has 1 aromatic carbocycles. The van der Waals surface area contributed by atoms with Crippen LogP contribution >= 0.6 is 0 Å². The standard InChI is InChI=1S/C12H16F2N2O/c1-2-16-10(7-11(15)17)8-3-5-9(6-4-8)12(13)14/h3-6,10,12,16H,2,7H2,1H3,(H2,15,17). The lowest BCUT2D eigenvalue weighted by Crippen LogP contribution is -2.26. The number of benzene rings is 1. The van der Waals surface area contributed by atoms with Gasteiger partial charge in [-0.15, -0.1) is 0 Å². The summed E-state index contributed by atoms with van der Waals surface area (Å²) in [6.45, 7) is 2.58. The zero-order valence-corrected chi connectivity index (χ0v) is 9.62. The van der Waals surface area contributed by atoms with Crippen LogP contribution in [-0.2, 0) is 4.79 Å². The van der Waals surface area contributed by atoms with Crippen LogP contribution in [0.3, 0.4) is 0 Å². The molecule has 0 fully saturated rings. The molecular formula is C12H16F2N2O. The molecule has 0 aliphatic heterocycles. The first-order valence-electron chi connectivity index (χ1n) is 5.44. The molecule has 0 heterocycles. The van der Waals surface area contributed by atoms with Gasteiger partial charge in [0.15, 0.2) is 0 Å². The van der Waals surface area contributed by atoms with E-state index in [0.29, 0.717) is 6.54 Å². The number of hydrogen-bond donors (Lipinski definition) is 2. The van der Waals surface area contributed by atoms with E-state index in [4.69, 9.17) is 5.73 Å². The highest BCUT2D eigenvalue weighted by molar-refractivity contribution is 5.74. The molecule has 3 N–H and O–H groups in total. The van der Waals surface area contributed by atoms with Crippen molar-refractivity contribution in [3.63, 3.8) is 0 Å². The zero-order chi connectivity index (χ0) is 12.8. The van der Waals surface area contributed by atoms with E-state index in [1.54, 1.807) is 12.1 Å². The van der Waals surface area contributed by atoms with Gasteiger partial charge in [-0.2, -0.15) is 0 Å². The van der Waals surface area contributed by atoms with Gasteiger partial charge in [-0.05, 0) is 12.1 Å². The molecule has 1 rings (SSSR count). The smallest absolute Gasteiger partial charge is 0.263 e. The van der Waals surface area contributed by atoms with Crippen LogP contribution in [0.5, 0.6) is 0 Å². The summed E-state index contributed by atoms with van der Waals surface area (Å²) < 4.78 is 24.7. The predicted molar refractivity (Wildman–Crippen MR) is 61.6 cm³/mol. The molecule has 0 spiro atoms. The van der Waals surface area contributed by atoms with Crippen molar-refractivity contribution < 1.29 is 13.6 Å². The number of amides is 1. The lowest BCUT2D eigenvalue weighted by molar-refractivity contribution is -0.118. The van der Waals surface area contributed by atoms with Crippen LogP contribution < -0.4 is 11.1 Å². The maximum absolute atomic E-state index is 12.4. The zero-order valence-electron chi connectivity index (χ0n) is 9.62. The Morgan fingerprint density at radius 3 is 2.24 bits per heavy atom. The Balaban J connectivity index is 2.83. The van der Waals surface area contributed by atoms with Crippen LogP contribution in [0.1, 0.15) is 36.9 Å². The van der Waals surface area contributed by atoms with Crippen molar-refractivity contribution >= 4 is 5.91 Å². The van der Waals surface area contributed by atoms with Crippen LogP contribution in [0, 0.1) is 0 Å². The van der Waals surface area contributed by atoms with E-state index in [1.807, 2.05) is 6.92 Å². The van der Waals surface area contributed by atoms with E-state index < -0.39 is 12.3 Å². The SMILES string of the molecule is CCNC(CC(N)=O)c1ccc(C(F)F)cc1. The molecule has 0 aliphatic rings. The molecular weight excluding hydrogens is 226 g/mol. The van der Waals surface area contributed by atoms with Gasteiger partial charge >= 0.3 is 0 Å². The summed E-state index contributed by atoms with van der Waals surface area (Å²) in [6.07, 6.45) is -2.32. The van der Waals surface area contributed by atoms with E-state index in [2.05, 4.69) is 5.32 Å². The fourth-order valence-corrected chi connectivity index (χ4v) is 1.63. The van der Waals surface area contributed by atoms with Crippen LogP contribution in [0.15, 0.2) is 24.3 Å². The van der Waals surface area contributed by atoms with Crippen LogP contribution in [0.4, 0.5) is 8.78 Å². The molecule has 1 amide bonds. The molecule has 0 aromatic heterocycles. The Hall–Kier alpha value is -1.49. The lowest BCUT2D eigenvalue weighted by atomic mass is 10.0. The minimum absolute atomic E-state index is 0.0249. The molecule has 3 nitrogen and oxygen atoms in total. The van der Waals surface area contributed by atoms with Crippen molar-refractivity contribution in [1.82, 2.24) is 5.32 Å². The molecule has 17 heavy (non-hydrogen) atoms. The fourth-order valence-electron chi connectivity index (χ4n) is 1.63. The van der Waals surface area contributed by atoms with Gasteiger partial charge in [0.2, 0.25) is 5.91 Å². The number of nitrogens with one attached hydrogen (secondary N) is 1. The second-order valence-electron chi connectivity index (χ2n) is 3.75. The van der Waals surface area contributed by atoms with Crippen LogP contribution in [0.2, 0.25) is 0 Å². The number of nitrogens with two attached hydrogens (primary N) is 1. The quantitative estimate of drug-likeness (QED) is 0.803. The number of hydrogen-bond acceptors (Lipinski definition) is 2. The largest absolute Gasteiger partial charge is 0.370 e. The molecule has 5 heteroatoms. The third-order valence-corrected chi connectivity index (χ3v) is 2.45. The molecule has 1 aromatic rings. The highest BCUT2D eigenvalue weighted by atomic mass is 19.3. The fraction of sp³-hybridized carbons (Fsp3) is 0.417. The maximum atomic E-state index is 12.4. The second-order valence-corrected chi connectivity index (χ2v) is 3.75. The summed E-state index contributed by atoms with van der Waals surface area (Å²) in [6, 6.07) is 5.70. The van der Waals surface area contributed by atoms with Crippen molar-refractivity contribution in [3.8, 4) is 0 Å². The molecule has 1 unspecified atom stereocenters. The highest BCUT2D eigenvalue weighted by Crippen LogP contribution is 2.22. The minimum Gasteiger partial charge on any atom is -0.370 e. The van der Waals surface area contributed by atoms with E-state index in [0.717, 1.165) is 5.56 Å². The van der Waals surface area contributed by atoms with Gasteiger partial charge < -0.3 is 11.1 Å². The van der Waals surface area contributed by atoms with Crippen molar-refractivity contribution in [1.29, 1.82) is 0 Å². The summed E-state index contributed by atoms with van der Waals surface area (Å²) in [5.74, 6) is -0.422. The summed E-state index contributed by atoms with van der Waals surface area (Å²) in [5, 5.41) is 3.09.